The maximum Gasteiger partial charge on any atom is 0.0154 e. The molecule has 13 heavy (non-hydrogen) atoms. The summed E-state index contributed by atoms with van der Waals surface area (Å²) in [6.07, 6.45) is 8.86. The molecule has 0 unspecified atom stereocenters. The number of hydrogen-bond donors (Lipinski definition) is 1. The molecule has 0 nitrogen and oxygen atoms in total. The van der Waals surface area contributed by atoms with E-state index in [2.05, 4.69) is 44.7 Å². The Labute approximate surface area is 85.1 Å². The number of fused-ring (bicyclic) bond motifs is 1. The van der Waals surface area contributed by atoms with Crippen molar-refractivity contribution in [3.05, 3.63) is 45.4 Å². The molecule has 68 valence electrons. The van der Waals surface area contributed by atoms with Crippen molar-refractivity contribution in [1.82, 2.24) is 0 Å². The van der Waals surface area contributed by atoms with Crippen molar-refractivity contribution >= 4 is 12.6 Å². The Hall–Kier alpha value is -0.690. The summed E-state index contributed by atoms with van der Waals surface area (Å²) >= 11 is 4.58. The van der Waals surface area contributed by atoms with Crippen molar-refractivity contribution < 1.29 is 0 Å². The first-order chi connectivity index (χ1) is 6.27. The van der Waals surface area contributed by atoms with Gasteiger partial charge in [0.05, 0.1) is 0 Å². The largest absolute Gasteiger partial charge is 0.142 e. The summed E-state index contributed by atoms with van der Waals surface area (Å²) in [6, 6.07) is 0. The molecule has 0 bridgehead atoms. The topological polar surface area (TPSA) is 0 Å². The average molecular weight is 190 g/mol. The lowest BCUT2D eigenvalue weighted by atomic mass is 10.1. The van der Waals surface area contributed by atoms with E-state index in [1.807, 2.05) is 0 Å². The van der Waals surface area contributed by atoms with E-state index < -0.39 is 0 Å². The van der Waals surface area contributed by atoms with Gasteiger partial charge in [-0.2, -0.15) is 0 Å². The van der Waals surface area contributed by atoms with E-state index in [4.69, 9.17) is 0 Å². The zero-order valence-corrected chi connectivity index (χ0v) is 8.99. The van der Waals surface area contributed by atoms with E-state index in [1.54, 1.807) is 0 Å². The Balaban J connectivity index is 2.50. The highest BCUT2D eigenvalue weighted by Gasteiger charge is 2.22. The normalized spacial score (nSPS) is 20.1. The predicted molar refractivity (Wildman–Crippen MR) is 60.8 cm³/mol. The molecule has 0 aliphatic heterocycles. The minimum absolute atomic E-state index is 1.08. The first-order valence-corrected chi connectivity index (χ1v) is 5.28. The molecule has 2 aliphatic carbocycles. The molecule has 0 saturated carbocycles. The summed E-state index contributed by atoms with van der Waals surface area (Å²) in [7, 11) is 0. The maximum absolute atomic E-state index is 4.58. The lowest BCUT2D eigenvalue weighted by molar-refractivity contribution is 1.13. The van der Waals surface area contributed by atoms with E-state index in [0.717, 1.165) is 12.8 Å². The summed E-state index contributed by atoms with van der Waals surface area (Å²) in [6.45, 7) is 4.38. The van der Waals surface area contributed by atoms with Gasteiger partial charge in [-0.05, 0) is 41.2 Å². The van der Waals surface area contributed by atoms with Crippen LogP contribution in [0.25, 0.3) is 0 Å². The fraction of sp³-hybridized carbons (Fsp3) is 0.333. The fourth-order valence-electron chi connectivity index (χ4n) is 1.93. The Bertz CT molecular complexity index is 365. The van der Waals surface area contributed by atoms with Gasteiger partial charge in [0.25, 0.3) is 0 Å². The number of thiol groups is 1. The highest BCUT2D eigenvalue weighted by Crippen LogP contribution is 2.42. The summed E-state index contributed by atoms with van der Waals surface area (Å²) in [4.78, 5) is 1.19. The number of allylic oxidation sites excluding steroid dienone is 7. The molecule has 0 saturated heterocycles. The second kappa shape index (κ2) is 3.22. The van der Waals surface area contributed by atoms with Crippen molar-refractivity contribution in [3.63, 3.8) is 0 Å². The van der Waals surface area contributed by atoms with E-state index in [1.165, 1.54) is 27.2 Å². The quantitative estimate of drug-likeness (QED) is 0.629. The van der Waals surface area contributed by atoms with E-state index in [9.17, 15) is 0 Å². The zero-order chi connectivity index (χ0) is 9.42. The van der Waals surface area contributed by atoms with Crippen LogP contribution in [0.5, 0.6) is 0 Å². The summed E-state index contributed by atoms with van der Waals surface area (Å²) in [5, 5.41) is 0. The highest BCUT2D eigenvalue weighted by atomic mass is 32.1. The van der Waals surface area contributed by atoms with Crippen molar-refractivity contribution in [2.75, 3.05) is 0 Å². The van der Waals surface area contributed by atoms with Crippen LogP contribution < -0.4 is 0 Å². The van der Waals surface area contributed by atoms with Gasteiger partial charge in [0.1, 0.15) is 0 Å². The van der Waals surface area contributed by atoms with Crippen LogP contribution in [0.2, 0.25) is 0 Å². The van der Waals surface area contributed by atoms with Gasteiger partial charge in [0.2, 0.25) is 0 Å². The first-order valence-electron chi connectivity index (χ1n) is 4.83. The summed E-state index contributed by atoms with van der Waals surface area (Å²) in [5.41, 5.74) is 5.55. The molecule has 0 atom stereocenters. The van der Waals surface area contributed by atoms with Crippen molar-refractivity contribution in [2.24, 2.45) is 0 Å². The van der Waals surface area contributed by atoms with E-state index >= 15 is 0 Å². The van der Waals surface area contributed by atoms with Crippen LogP contribution in [0.4, 0.5) is 0 Å². The molecule has 0 radical (unpaired) electrons. The number of hydrogen-bond acceptors (Lipinski definition) is 1. The van der Waals surface area contributed by atoms with Crippen molar-refractivity contribution in [3.8, 4) is 0 Å². The molecule has 0 aromatic rings. The summed E-state index contributed by atoms with van der Waals surface area (Å²) in [5.74, 6) is 0. The van der Waals surface area contributed by atoms with Gasteiger partial charge in [-0.25, -0.2) is 0 Å². The average Bonchev–Trinajstić information content (AvgIpc) is 2.66. The monoisotopic (exact) mass is 190 g/mol. The molecule has 0 spiro atoms. The second-order valence-electron chi connectivity index (χ2n) is 3.41. The molecule has 0 aromatic carbocycles. The Morgan fingerprint density at radius 2 is 1.77 bits per heavy atom. The molecule has 0 fully saturated rings. The number of rotatable bonds is 2. The minimum atomic E-state index is 1.08. The SMILES string of the molecule is CCC1=C(S)C2=C(CC)C=CC2=C1. The van der Waals surface area contributed by atoms with E-state index in [0.29, 0.717) is 0 Å². The molecule has 0 N–H and O–H groups in total. The summed E-state index contributed by atoms with van der Waals surface area (Å²) < 4.78 is 0. The lowest BCUT2D eigenvalue weighted by Gasteiger charge is -2.03. The van der Waals surface area contributed by atoms with Crippen molar-refractivity contribution in [2.45, 2.75) is 26.7 Å². The minimum Gasteiger partial charge on any atom is -0.142 e. The molecule has 2 aliphatic rings. The Kier molecular flexibility index (Phi) is 2.20. The lowest BCUT2D eigenvalue weighted by Crippen LogP contribution is -1.83. The zero-order valence-electron chi connectivity index (χ0n) is 8.09. The predicted octanol–water partition coefficient (Wildman–Crippen LogP) is 3.80. The molecule has 0 aromatic heterocycles. The Morgan fingerprint density at radius 1 is 1.08 bits per heavy atom. The Morgan fingerprint density at radius 3 is 2.38 bits per heavy atom. The van der Waals surface area contributed by atoms with Gasteiger partial charge < -0.3 is 0 Å². The molecule has 2 rings (SSSR count). The molecule has 1 heteroatoms. The fourth-order valence-corrected chi connectivity index (χ4v) is 2.43. The second-order valence-corrected chi connectivity index (χ2v) is 3.86. The highest BCUT2D eigenvalue weighted by molar-refractivity contribution is 7.84. The standard InChI is InChI=1S/C12H14S/c1-3-8-5-6-10-7-9(4-2)12(13)11(8)10/h5-7,13H,3-4H2,1-2H3. The van der Waals surface area contributed by atoms with Gasteiger partial charge in [-0.15, -0.1) is 12.6 Å². The maximum atomic E-state index is 4.58. The third-order valence-corrected chi connectivity index (χ3v) is 3.22. The third-order valence-electron chi connectivity index (χ3n) is 2.71. The molecule has 0 heterocycles. The smallest absolute Gasteiger partial charge is 0.0154 e. The van der Waals surface area contributed by atoms with Crippen LogP contribution >= 0.6 is 12.6 Å². The molecular formula is C12H14S. The van der Waals surface area contributed by atoms with Gasteiger partial charge >= 0.3 is 0 Å². The van der Waals surface area contributed by atoms with Crippen LogP contribution in [0.15, 0.2) is 45.4 Å². The van der Waals surface area contributed by atoms with Crippen LogP contribution in [0, 0.1) is 0 Å². The van der Waals surface area contributed by atoms with Gasteiger partial charge in [-0.3, -0.25) is 0 Å². The van der Waals surface area contributed by atoms with Crippen LogP contribution in [0.1, 0.15) is 26.7 Å². The van der Waals surface area contributed by atoms with Gasteiger partial charge in [-0.1, -0.05) is 26.0 Å². The van der Waals surface area contributed by atoms with Crippen LogP contribution in [0.3, 0.4) is 0 Å². The van der Waals surface area contributed by atoms with E-state index in [-0.39, 0.29) is 0 Å². The van der Waals surface area contributed by atoms with Crippen molar-refractivity contribution in [1.29, 1.82) is 0 Å². The van der Waals surface area contributed by atoms with Crippen LogP contribution in [-0.4, -0.2) is 0 Å². The van der Waals surface area contributed by atoms with Gasteiger partial charge in [0, 0.05) is 4.91 Å². The van der Waals surface area contributed by atoms with Gasteiger partial charge in [0.15, 0.2) is 0 Å². The van der Waals surface area contributed by atoms with Crippen LogP contribution in [-0.2, 0) is 0 Å². The third kappa shape index (κ3) is 1.22. The molecular weight excluding hydrogens is 176 g/mol. The first kappa shape index (κ1) is 8.89. The molecule has 0 amide bonds.